The van der Waals surface area contributed by atoms with Crippen molar-refractivity contribution < 1.29 is 8.42 Å². The van der Waals surface area contributed by atoms with Crippen LogP contribution in [0, 0.1) is 0 Å². The van der Waals surface area contributed by atoms with Crippen molar-refractivity contribution in [1.29, 1.82) is 0 Å². The third kappa shape index (κ3) is 2.76. The highest BCUT2D eigenvalue weighted by Crippen LogP contribution is 2.40. The first kappa shape index (κ1) is 15.0. The van der Waals surface area contributed by atoms with Gasteiger partial charge >= 0.3 is 0 Å². The van der Waals surface area contributed by atoms with Gasteiger partial charge in [0, 0.05) is 12.1 Å². The number of hydrogen-bond donors (Lipinski definition) is 1. The normalized spacial score (nSPS) is 28.2. The van der Waals surface area contributed by atoms with Gasteiger partial charge in [0.15, 0.2) is 9.84 Å². The van der Waals surface area contributed by atoms with E-state index in [0.717, 1.165) is 5.56 Å². The number of hydrogen-bond acceptors (Lipinski definition) is 3. The molecule has 116 valence electrons. The van der Waals surface area contributed by atoms with Crippen LogP contribution in [0.3, 0.4) is 0 Å². The van der Waals surface area contributed by atoms with Crippen LogP contribution in [-0.4, -0.2) is 19.7 Å². The summed E-state index contributed by atoms with van der Waals surface area (Å²) in [4.78, 5) is 0.535. The average molecular weight is 307 g/mol. The van der Waals surface area contributed by atoms with Gasteiger partial charge in [0.05, 0.1) is 10.1 Å². The lowest BCUT2D eigenvalue weighted by Gasteiger charge is -2.32. The van der Waals surface area contributed by atoms with Crippen LogP contribution in [0.15, 0.2) is 23.1 Å². The number of benzene rings is 1. The maximum Gasteiger partial charge on any atom is 0.181 e. The Labute approximate surface area is 128 Å². The fraction of sp³-hybridized carbons (Fsp3) is 0.647. The third-order valence-electron chi connectivity index (χ3n) is 4.67. The van der Waals surface area contributed by atoms with Crippen LogP contribution in [0.4, 0.5) is 0 Å². The zero-order valence-corrected chi connectivity index (χ0v) is 14.1. The molecule has 2 atom stereocenters. The number of rotatable bonds is 2. The Kier molecular flexibility index (Phi) is 3.45. The molecule has 0 radical (unpaired) electrons. The van der Waals surface area contributed by atoms with E-state index in [1.54, 1.807) is 0 Å². The Bertz CT molecular complexity index is 654. The van der Waals surface area contributed by atoms with E-state index < -0.39 is 9.84 Å². The van der Waals surface area contributed by atoms with E-state index >= 15 is 0 Å². The van der Waals surface area contributed by atoms with Gasteiger partial charge in [-0.2, -0.15) is 0 Å². The molecule has 0 aromatic heterocycles. The quantitative estimate of drug-likeness (QED) is 0.911. The Balaban J connectivity index is 2.09. The van der Waals surface area contributed by atoms with Crippen LogP contribution in [0.1, 0.15) is 64.1 Å². The van der Waals surface area contributed by atoms with Crippen molar-refractivity contribution in [1.82, 2.24) is 5.32 Å². The highest BCUT2D eigenvalue weighted by atomic mass is 32.2. The van der Waals surface area contributed by atoms with E-state index in [1.807, 2.05) is 19.1 Å². The first-order valence-corrected chi connectivity index (χ1v) is 9.38. The first-order chi connectivity index (χ1) is 9.69. The molecule has 1 aliphatic heterocycles. The maximum absolute atomic E-state index is 12.6. The minimum atomic E-state index is -3.17. The second-order valence-corrected chi connectivity index (χ2v) is 9.92. The Morgan fingerprint density at radius 3 is 2.43 bits per heavy atom. The number of sulfone groups is 1. The molecule has 0 amide bonds. The van der Waals surface area contributed by atoms with Crippen LogP contribution in [0.2, 0.25) is 0 Å². The molecule has 1 aliphatic carbocycles. The molecule has 3 rings (SSSR count). The van der Waals surface area contributed by atoms with Gasteiger partial charge in [-0.25, -0.2) is 8.42 Å². The molecular formula is C17H25NO2S. The molecule has 3 nitrogen and oxygen atoms in total. The summed E-state index contributed by atoms with van der Waals surface area (Å²) in [6.45, 7) is 8.32. The third-order valence-corrected chi connectivity index (χ3v) is 6.91. The Hall–Kier alpha value is -0.870. The second-order valence-electron chi connectivity index (χ2n) is 7.59. The molecule has 21 heavy (non-hydrogen) atoms. The molecule has 1 heterocycles. The van der Waals surface area contributed by atoms with Gasteiger partial charge in [0.1, 0.15) is 0 Å². The highest BCUT2D eigenvalue weighted by molar-refractivity contribution is 7.92. The zero-order chi connectivity index (χ0) is 15.4. The number of fused-ring (bicyclic) bond motifs is 1. The summed E-state index contributed by atoms with van der Waals surface area (Å²) < 4.78 is 25.2. The topological polar surface area (TPSA) is 46.2 Å². The lowest BCUT2D eigenvalue weighted by molar-refractivity contribution is 0.458. The fourth-order valence-electron chi connectivity index (χ4n) is 3.04. The molecule has 1 saturated carbocycles. The summed E-state index contributed by atoms with van der Waals surface area (Å²) in [6.07, 6.45) is 3.11. The summed E-state index contributed by atoms with van der Waals surface area (Å²) in [5.74, 6) is 0. The summed E-state index contributed by atoms with van der Waals surface area (Å²) in [5, 5.41) is 3.33. The van der Waals surface area contributed by atoms with E-state index in [9.17, 15) is 8.42 Å². The predicted molar refractivity (Wildman–Crippen MR) is 85.3 cm³/mol. The molecule has 1 aromatic rings. The fourth-order valence-corrected chi connectivity index (χ4v) is 4.71. The molecular weight excluding hydrogens is 282 g/mol. The minimum absolute atomic E-state index is 0.0337. The van der Waals surface area contributed by atoms with Gasteiger partial charge in [-0.15, -0.1) is 0 Å². The highest BCUT2D eigenvalue weighted by Gasteiger charge is 2.38. The summed E-state index contributed by atoms with van der Waals surface area (Å²) in [6, 6.07) is 6.66. The Morgan fingerprint density at radius 2 is 1.86 bits per heavy atom. The lowest BCUT2D eigenvalue weighted by Crippen LogP contribution is -2.35. The minimum Gasteiger partial charge on any atom is -0.307 e. The second kappa shape index (κ2) is 4.82. The van der Waals surface area contributed by atoms with E-state index in [-0.39, 0.29) is 16.7 Å². The van der Waals surface area contributed by atoms with Crippen molar-refractivity contribution in [3.63, 3.8) is 0 Å². The molecule has 0 saturated heterocycles. The molecule has 0 spiro atoms. The van der Waals surface area contributed by atoms with E-state index in [4.69, 9.17) is 0 Å². The van der Waals surface area contributed by atoms with Gasteiger partial charge in [0.2, 0.25) is 0 Å². The lowest BCUT2D eigenvalue weighted by atomic mass is 9.85. The molecule has 4 heteroatoms. The SMILES string of the molecule is CC1CC(NC2CC2)c2cc(C(C)(C)C)ccc2S1(=O)=O. The maximum atomic E-state index is 12.6. The van der Waals surface area contributed by atoms with Gasteiger partial charge < -0.3 is 5.32 Å². The largest absolute Gasteiger partial charge is 0.307 e. The van der Waals surface area contributed by atoms with Crippen molar-refractivity contribution >= 4 is 9.84 Å². The van der Waals surface area contributed by atoms with Crippen molar-refractivity contribution in [2.24, 2.45) is 0 Å². The van der Waals surface area contributed by atoms with Crippen LogP contribution < -0.4 is 5.32 Å². The van der Waals surface area contributed by atoms with E-state index in [2.05, 4.69) is 32.2 Å². The summed E-state index contributed by atoms with van der Waals surface area (Å²) in [5.41, 5.74) is 2.22. The molecule has 2 aliphatic rings. The van der Waals surface area contributed by atoms with E-state index in [0.29, 0.717) is 17.4 Å². The van der Waals surface area contributed by atoms with Gasteiger partial charge in [-0.3, -0.25) is 0 Å². The smallest absolute Gasteiger partial charge is 0.181 e. The number of nitrogens with one attached hydrogen (secondary N) is 1. The van der Waals surface area contributed by atoms with Gasteiger partial charge in [-0.05, 0) is 48.8 Å². The van der Waals surface area contributed by atoms with Crippen molar-refractivity contribution in [3.05, 3.63) is 29.3 Å². The first-order valence-electron chi connectivity index (χ1n) is 7.84. The van der Waals surface area contributed by atoms with E-state index in [1.165, 1.54) is 18.4 Å². The van der Waals surface area contributed by atoms with Crippen LogP contribution in [0.25, 0.3) is 0 Å². The zero-order valence-electron chi connectivity index (χ0n) is 13.3. The molecule has 2 unspecified atom stereocenters. The van der Waals surface area contributed by atoms with Crippen molar-refractivity contribution in [2.75, 3.05) is 0 Å². The Morgan fingerprint density at radius 1 is 1.19 bits per heavy atom. The predicted octanol–water partition coefficient (Wildman–Crippen LogP) is 3.34. The van der Waals surface area contributed by atoms with Crippen LogP contribution >= 0.6 is 0 Å². The van der Waals surface area contributed by atoms with Crippen LogP contribution in [0.5, 0.6) is 0 Å². The summed E-state index contributed by atoms with van der Waals surface area (Å²) >= 11 is 0. The molecule has 1 N–H and O–H groups in total. The van der Waals surface area contributed by atoms with Crippen LogP contribution in [-0.2, 0) is 15.3 Å². The van der Waals surface area contributed by atoms with Crippen molar-refractivity contribution in [3.8, 4) is 0 Å². The summed E-state index contributed by atoms with van der Waals surface area (Å²) in [7, 11) is -3.17. The molecule has 1 aromatic carbocycles. The molecule has 0 bridgehead atoms. The molecule has 1 fully saturated rings. The average Bonchev–Trinajstić information content (AvgIpc) is 3.18. The monoisotopic (exact) mass is 307 g/mol. The van der Waals surface area contributed by atoms with Crippen molar-refractivity contribution in [2.45, 2.75) is 74.6 Å². The van der Waals surface area contributed by atoms with Gasteiger partial charge in [-0.1, -0.05) is 32.9 Å². The standard InChI is InChI=1S/C17H25NO2S/c1-11-9-15(18-13-6-7-13)14-10-12(17(2,3)4)5-8-16(14)21(11,19)20/h5,8,10-11,13,15,18H,6-7,9H2,1-4H3. The van der Waals surface area contributed by atoms with Gasteiger partial charge in [0.25, 0.3) is 0 Å².